The topological polar surface area (TPSA) is 94.6 Å². The first-order valence-electron chi connectivity index (χ1n) is 8.75. The van der Waals surface area contributed by atoms with Gasteiger partial charge in [-0.05, 0) is 43.3 Å². The van der Waals surface area contributed by atoms with Gasteiger partial charge < -0.3 is 24.5 Å². The first-order valence-corrected chi connectivity index (χ1v) is 9.16. The molecular formula is C18H23N3O5S. The van der Waals surface area contributed by atoms with E-state index in [0.29, 0.717) is 27.8 Å². The number of aromatic amines is 1. The third-order valence-corrected chi connectivity index (χ3v) is 4.93. The highest BCUT2D eigenvalue weighted by atomic mass is 32.1. The molecule has 0 bridgehead atoms. The van der Waals surface area contributed by atoms with Crippen LogP contribution in [-0.2, 0) is 20.8 Å². The number of H-pyrrole nitrogens is 1. The van der Waals surface area contributed by atoms with E-state index in [1.165, 1.54) is 18.8 Å². The summed E-state index contributed by atoms with van der Waals surface area (Å²) in [7, 11) is 3.00. The van der Waals surface area contributed by atoms with Gasteiger partial charge in [0.25, 0.3) is 11.5 Å². The number of rotatable bonds is 7. The second-order valence-corrected chi connectivity index (χ2v) is 6.74. The van der Waals surface area contributed by atoms with Crippen LogP contribution >= 0.6 is 12.2 Å². The minimum absolute atomic E-state index is 0.00909. The molecule has 146 valence electrons. The molecule has 2 heterocycles. The van der Waals surface area contributed by atoms with Crippen LogP contribution in [0.25, 0.3) is 10.9 Å². The van der Waals surface area contributed by atoms with Gasteiger partial charge >= 0.3 is 0 Å². The van der Waals surface area contributed by atoms with Gasteiger partial charge in [0.1, 0.15) is 0 Å². The zero-order valence-corrected chi connectivity index (χ0v) is 16.1. The molecule has 1 fully saturated rings. The van der Waals surface area contributed by atoms with Crippen molar-refractivity contribution in [3.8, 4) is 0 Å². The fourth-order valence-corrected chi connectivity index (χ4v) is 3.36. The average molecular weight is 393 g/mol. The summed E-state index contributed by atoms with van der Waals surface area (Å²) in [5, 5.41) is 3.20. The highest BCUT2D eigenvalue weighted by Crippen LogP contribution is 2.15. The number of hydrogen-bond donors (Lipinski definition) is 2. The minimum Gasteiger partial charge on any atom is -0.376 e. The van der Waals surface area contributed by atoms with Crippen molar-refractivity contribution in [1.29, 1.82) is 0 Å². The fraction of sp³-hybridized carbons (Fsp3) is 0.500. The monoisotopic (exact) mass is 393 g/mol. The number of aromatic nitrogens is 2. The summed E-state index contributed by atoms with van der Waals surface area (Å²) in [5.41, 5.74) is 0.752. The number of nitrogens with zero attached hydrogens (tertiary/aromatic N) is 1. The zero-order valence-electron chi connectivity index (χ0n) is 15.3. The van der Waals surface area contributed by atoms with Crippen molar-refractivity contribution in [2.45, 2.75) is 31.8 Å². The summed E-state index contributed by atoms with van der Waals surface area (Å²) >= 11 is 5.35. The van der Waals surface area contributed by atoms with Crippen molar-refractivity contribution >= 4 is 29.0 Å². The van der Waals surface area contributed by atoms with Crippen LogP contribution in [0.1, 0.15) is 23.2 Å². The molecule has 1 aliphatic rings. The van der Waals surface area contributed by atoms with Crippen LogP contribution in [0.2, 0.25) is 0 Å². The van der Waals surface area contributed by atoms with Gasteiger partial charge in [0.05, 0.1) is 30.1 Å². The Bertz CT molecular complexity index is 929. The Morgan fingerprint density at radius 1 is 1.44 bits per heavy atom. The van der Waals surface area contributed by atoms with Crippen LogP contribution in [0.15, 0.2) is 23.0 Å². The lowest BCUT2D eigenvalue weighted by molar-refractivity contribution is -0.0974. The van der Waals surface area contributed by atoms with Crippen molar-refractivity contribution in [3.63, 3.8) is 0 Å². The van der Waals surface area contributed by atoms with Crippen LogP contribution in [-0.4, -0.2) is 55.2 Å². The van der Waals surface area contributed by atoms with Crippen LogP contribution in [0.5, 0.6) is 0 Å². The lowest BCUT2D eigenvalue weighted by atomic mass is 10.1. The SMILES string of the molecule is COC(CNC(=O)c1ccc2c(=O)n(CC3CCCO3)c(=S)[nH]c2c1)OC. The summed E-state index contributed by atoms with van der Waals surface area (Å²) < 4.78 is 17.5. The number of nitrogens with one attached hydrogen (secondary N) is 2. The Balaban J connectivity index is 1.84. The molecule has 1 unspecified atom stereocenters. The lowest BCUT2D eigenvalue weighted by Gasteiger charge is -2.15. The van der Waals surface area contributed by atoms with E-state index in [4.69, 9.17) is 26.4 Å². The Morgan fingerprint density at radius 3 is 2.89 bits per heavy atom. The molecule has 0 aliphatic carbocycles. The molecule has 1 aromatic heterocycles. The number of hydrogen-bond acceptors (Lipinski definition) is 6. The summed E-state index contributed by atoms with van der Waals surface area (Å²) in [4.78, 5) is 28.2. The van der Waals surface area contributed by atoms with Gasteiger partial charge in [-0.3, -0.25) is 14.2 Å². The number of carbonyl (C=O) groups excluding carboxylic acids is 1. The standard InChI is InChI=1S/C18H23N3O5S/c1-24-15(25-2)9-19-16(22)11-5-6-13-14(8-11)20-18(27)21(17(13)23)10-12-4-3-7-26-12/h5-6,8,12,15H,3-4,7,9-10H2,1-2H3,(H,19,22)(H,20,27). The molecule has 1 aliphatic heterocycles. The van der Waals surface area contributed by atoms with E-state index in [2.05, 4.69) is 10.3 Å². The first-order chi connectivity index (χ1) is 13.0. The molecule has 8 nitrogen and oxygen atoms in total. The van der Waals surface area contributed by atoms with Crippen LogP contribution in [0.4, 0.5) is 0 Å². The van der Waals surface area contributed by atoms with Crippen molar-refractivity contribution in [2.75, 3.05) is 27.4 Å². The van der Waals surface area contributed by atoms with Gasteiger partial charge in [-0.15, -0.1) is 0 Å². The van der Waals surface area contributed by atoms with E-state index in [1.54, 1.807) is 18.2 Å². The molecule has 0 saturated carbocycles. The van der Waals surface area contributed by atoms with Crippen LogP contribution in [0, 0.1) is 4.77 Å². The maximum atomic E-state index is 12.8. The van der Waals surface area contributed by atoms with E-state index in [-0.39, 0.29) is 24.1 Å². The van der Waals surface area contributed by atoms with Crippen molar-refractivity contribution in [2.24, 2.45) is 0 Å². The van der Waals surface area contributed by atoms with Gasteiger partial charge in [-0.2, -0.15) is 0 Å². The normalized spacial score (nSPS) is 16.9. The molecule has 1 aromatic carbocycles. The summed E-state index contributed by atoms with van der Waals surface area (Å²) in [5.74, 6) is -0.293. The number of amides is 1. The largest absolute Gasteiger partial charge is 0.376 e. The van der Waals surface area contributed by atoms with Crippen molar-refractivity contribution in [1.82, 2.24) is 14.9 Å². The summed E-state index contributed by atoms with van der Waals surface area (Å²) in [6, 6.07) is 4.86. The van der Waals surface area contributed by atoms with E-state index in [1.807, 2.05) is 0 Å². The van der Waals surface area contributed by atoms with Crippen LogP contribution in [0.3, 0.4) is 0 Å². The van der Waals surface area contributed by atoms with E-state index >= 15 is 0 Å². The average Bonchev–Trinajstić information content (AvgIpc) is 3.18. The Labute approximate surface area is 161 Å². The molecule has 0 radical (unpaired) electrons. The van der Waals surface area contributed by atoms with E-state index < -0.39 is 6.29 Å². The minimum atomic E-state index is -0.523. The Kier molecular flexibility index (Phi) is 6.38. The molecule has 0 spiro atoms. The van der Waals surface area contributed by atoms with Gasteiger partial charge in [-0.1, -0.05) is 0 Å². The highest BCUT2D eigenvalue weighted by Gasteiger charge is 2.18. The number of fused-ring (bicyclic) bond motifs is 1. The zero-order chi connectivity index (χ0) is 19.4. The fourth-order valence-electron chi connectivity index (χ4n) is 3.09. The molecule has 9 heteroatoms. The van der Waals surface area contributed by atoms with Gasteiger partial charge in [0.2, 0.25) is 0 Å². The van der Waals surface area contributed by atoms with Gasteiger partial charge in [0, 0.05) is 26.4 Å². The van der Waals surface area contributed by atoms with Crippen molar-refractivity contribution < 1.29 is 19.0 Å². The molecule has 1 amide bonds. The number of ether oxygens (including phenoxy) is 3. The number of benzene rings is 1. The first kappa shape index (κ1) is 19.7. The number of carbonyl (C=O) groups is 1. The highest BCUT2D eigenvalue weighted by molar-refractivity contribution is 7.71. The van der Waals surface area contributed by atoms with Crippen LogP contribution < -0.4 is 10.9 Å². The molecular weight excluding hydrogens is 370 g/mol. The summed E-state index contributed by atoms with van der Waals surface area (Å²) in [6.45, 7) is 1.36. The quantitative estimate of drug-likeness (QED) is 0.548. The van der Waals surface area contributed by atoms with Gasteiger partial charge in [0.15, 0.2) is 11.1 Å². The molecule has 1 saturated heterocycles. The maximum Gasteiger partial charge on any atom is 0.262 e. The third-order valence-electron chi connectivity index (χ3n) is 4.61. The molecule has 2 N–H and O–H groups in total. The van der Waals surface area contributed by atoms with Crippen molar-refractivity contribution in [3.05, 3.63) is 38.9 Å². The lowest BCUT2D eigenvalue weighted by Crippen LogP contribution is -2.34. The Hall–Kier alpha value is -2.07. The second-order valence-electron chi connectivity index (χ2n) is 6.35. The molecule has 2 aromatic rings. The predicted molar refractivity (Wildman–Crippen MR) is 103 cm³/mol. The van der Waals surface area contributed by atoms with Gasteiger partial charge in [-0.25, -0.2) is 0 Å². The molecule has 3 rings (SSSR count). The van der Waals surface area contributed by atoms with E-state index in [0.717, 1.165) is 19.4 Å². The number of methoxy groups -OCH3 is 2. The smallest absolute Gasteiger partial charge is 0.262 e. The van der Waals surface area contributed by atoms with E-state index in [9.17, 15) is 9.59 Å². The second kappa shape index (κ2) is 8.75. The third kappa shape index (κ3) is 4.44. The summed E-state index contributed by atoms with van der Waals surface area (Å²) in [6.07, 6.45) is 1.40. The predicted octanol–water partition coefficient (Wildman–Crippen LogP) is 1.59. The maximum absolute atomic E-state index is 12.8. The molecule has 27 heavy (non-hydrogen) atoms. The molecule has 1 atom stereocenters. The Morgan fingerprint density at radius 2 is 2.22 bits per heavy atom.